The van der Waals surface area contributed by atoms with Crippen LogP contribution < -0.4 is 20.5 Å². The number of aromatic nitrogens is 2. The highest BCUT2D eigenvalue weighted by molar-refractivity contribution is 5.95. The Balaban J connectivity index is 1.72. The number of nitrogens with two attached hydrogens (primary N) is 1. The van der Waals surface area contributed by atoms with Gasteiger partial charge >= 0.3 is 5.97 Å². The quantitative estimate of drug-likeness (QED) is 0.573. The van der Waals surface area contributed by atoms with Crippen LogP contribution in [0.25, 0.3) is 5.69 Å². The van der Waals surface area contributed by atoms with Crippen molar-refractivity contribution in [1.29, 1.82) is 0 Å². The van der Waals surface area contributed by atoms with Gasteiger partial charge in [-0.1, -0.05) is 0 Å². The fourth-order valence-electron chi connectivity index (χ4n) is 2.88. The third-order valence-corrected chi connectivity index (χ3v) is 4.51. The fourth-order valence-corrected chi connectivity index (χ4v) is 2.88. The molecule has 0 saturated heterocycles. The number of nitrogens with one attached hydrogen (secondary N) is 1. The maximum atomic E-state index is 12.5. The maximum absolute atomic E-state index is 12.5. The van der Waals surface area contributed by atoms with E-state index in [-0.39, 0.29) is 23.8 Å². The lowest BCUT2D eigenvalue weighted by atomic mass is 10.1. The van der Waals surface area contributed by atoms with Crippen molar-refractivity contribution in [3.05, 3.63) is 65.4 Å². The molecule has 156 valence electrons. The molecule has 2 aromatic carbocycles. The normalized spacial score (nSPS) is 10.4. The number of carbonyl (C=O) groups is 2. The topological polar surface area (TPSA) is 118 Å². The van der Waals surface area contributed by atoms with Gasteiger partial charge in [0, 0.05) is 17.7 Å². The van der Waals surface area contributed by atoms with Gasteiger partial charge in [-0.3, -0.25) is 4.79 Å². The molecule has 9 heteroatoms. The highest BCUT2D eigenvalue weighted by Crippen LogP contribution is 2.24. The van der Waals surface area contributed by atoms with Gasteiger partial charge in [0.05, 0.1) is 33.2 Å². The van der Waals surface area contributed by atoms with Crippen LogP contribution in [0.1, 0.15) is 26.3 Å². The molecule has 1 heterocycles. The number of amides is 1. The van der Waals surface area contributed by atoms with E-state index in [9.17, 15) is 9.59 Å². The van der Waals surface area contributed by atoms with Crippen molar-refractivity contribution >= 4 is 17.7 Å². The molecule has 1 amide bonds. The predicted octanol–water partition coefficient (Wildman–Crippen LogP) is 2.19. The van der Waals surface area contributed by atoms with Gasteiger partial charge in [-0.15, -0.1) is 0 Å². The number of carbonyl (C=O) groups excluding carboxylic acids is 2. The van der Waals surface area contributed by atoms with E-state index in [1.807, 2.05) is 6.07 Å². The van der Waals surface area contributed by atoms with Crippen molar-refractivity contribution in [2.24, 2.45) is 0 Å². The van der Waals surface area contributed by atoms with Crippen LogP contribution in [-0.4, -0.2) is 43.0 Å². The molecular formula is C21H22N4O5. The molecule has 0 saturated carbocycles. The SMILES string of the molecule is COC(=O)c1cnn(-c2ccc(C(=O)NCc3cc(OC)ccc3OC)cc2)c1N. The zero-order valence-corrected chi connectivity index (χ0v) is 16.8. The minimum absolute atomic E-state index is 0.157. The number of methoxy groups -OCH3 is 3. The van der Waals surface area contributed by atoms with Gasteiger partial charge in [0.15, 0.2) is 0 Å². The molecule has 3 N–H and O–H groups in total. The summed E-state index contributed by atoms with van der Waals surface area (Å²) < 4.78 is 16.6. The van der Waals surface area contributed by atoms with Crippen molar-refractivity contribution in [3.63, 3.8) is 0 Å². The molecule has 0 radical (unpaired) electrons. The van der Waals surface area contributed by atoms with E-state index >= 15 is 0 Å². The van der Waals surface area contributed by atoms with Gasteiger partial charge in [-0.25, -0.2) is 9.48 Å². The van der Waals surface area contributed by atoms with Crippen molar-refractivity contribution in [2.45, 2.75) is 6.54 Å². The summed E-state index contributed by atoms with van der Waals surface area (Å²) in [6.45, 7) is 0.273. The Morgan fingerprint density at radius 1 is 1.07 bits per heavy atom. The highest BCUT2D eigenvalue weighted by Gasteiger charge is 2.17. The molecular weight excluding hydrogens is 388 g/mol. The third kappa shape index (κ3) is 4.19. The zero-order chi connectivity index (χ0) is 21.7. The first-order valence-corrected chi connectivity index (χ1v) is 8.99. The number of hydrogen-bond donors (Lipinski definition) is 2. The summed E-state index contributed by atoms with van der Waals surface area (Å²) >= 11 is 0. The van der Waals surface area contributed by atoms with E-state index in [1.54, 1.807) is 50.6 Å². The largest absolute Gasteiger partial charge is 0.497 e. The van der Waals surface area contributed by atoms with E-state index in [1.165, 1.54) is 18.0 Å². The first-order chi connectivity index (χ1) is 14.5. The van der Waals surface area contributed by atoms with E-state index < -0.39 is 5.97 Å². The van der Waals surface area contributed by atoms with Crippen LogP contribution in [0.5, 0.6) is 11.5 Å². The molecule has 3 rings (SSSR count). The highest BCUT2D eigenvalue weighted by atomic mass is 16.5. The summed E-state index contributed by atoms with van der Waals surface area (Å²) in [6.07, 6.45) is 1.34. The molecule has 0 aliphatic heterocycles. The summed E-state index contributed by atoms with van der Waals surface area (Å²) in [5, 5.41) is 6.96. The molecule has 3 aromatic rings. The lowest BCUT2D eigenvalue weighted by Crippen LogP contribution is -2.23. The molecule has 30 heavy (non-hydrogen) atoms. The van der Waals surface area contributed by atoms with Crippen LogP contribution in [0.2, 0.25) is 0 Å². The van der Waals surface area contributed by atoms with Crippen molar-refractivity contribution in [3.8, 4) is 17.2 Å². The molecule has 0 fully saturated rings. The maximum Gasteiger partial charge on any atom is 0.343 e. The number of ether oxygens (including phenoxy) is 3. The minimum atomic E-state index is -0.567. The lowest BCUT2D eigenvalue weighted by molar-refractivity contribution is 0.0601. The Morgan fingerprint density at radius 2 is 1.80 bits per heavy atom. The van der Waals surface area contributed by atoms with E-state index in [2.05, 4.69) is 15.2 Å². The second-order valence-corrected chi connectivity index (χ2v) is 6.25. The Bertz CT molecular complexity index is 1060. The first-order valence-electron chi connectivity index (χ1n) is 8.99. The van der Waals surface area contributed by atoms with Crippen LogP contribution >= 0.6 is 0 Å². The Labute approximate surface area is 173 Å². The standard InChI is InChI=1S/C21H22N4O5/c1-28-16-8-9-18(29-2)14(10-16)11-23-20(26)13-4-6-15(7-5-13)25-19(22)17(12-24-25)21(27)30-3/h4-10,12H,11,22H2,1-3H3,(H,23,26). The number of anilines is 1. The summed E-state index contributed by atoms with van der Waals surface area (Å²) in [7, 11) is 4.41. The molecule has 0 spiro atoms. The minimum Gasteiger partial charge on any atom is -0.497 e. The molecule has 1 aromatic heterocycles. The fraction of sp³-hybridized carbons (Fsp3) is 0.190. The van der Waals surface area contributed by atoms with Crippen LogP contribution in [0.4, 0.5) is 5.82 Å². The van der Waals surface area contributed by atoms with Gasteiger partial charge in [-0.05, 0) is 42.5 Å². The molecule has 0 atom stereocenters. The number of nitrogen functional groups attached to an aromatic ring is 1. The summed E-state index contributed by atoms with van der Waals surface area (Å²) in [4.78, 5) is 24.2. The van der Waals surface area contributed by atoms with Crippen LogP contribution in [0, 0.1) is 0 Å². The molecule has 0 unspecified atom stereocenters. The summed E-state index contributed by atoms with van der Waals surface area (Å²) in [6, 6.07) is 12.0. The average Bonchev–Trinajstić information content (AvgIpc) is 3.17. The van der Waals surface area contributed by atoms with Gasteiger partial charge in [0.25, 0.3) is 5.91 Å². The smallest absolute Gasteiger partial charge is 0.343 e. The Hall–Kier alpha value is -4.01. The summed E-state index contributed by atoms with van der Waals surface area (Å²) in [5.74, 6) is 0.663. The number of hydrogen-bond acceptors (Lipinski definition) is 7. The average molecular weight is 410 g/mol. The Kier molecular flexibility index (Phi) is 6.21. The van der Waals surface area contributed by atoms with Gasteiger partial charge < -0.3 is 25.3 Å². The van der Waals surface area contributed by atoms with Crippen molar-refractivity contribution in [2.75, 3.05) is 27.1 Å². The second kappa shape index (κ2) is 8.99. The van der Waals surface area contributed by atoms with Crippen LogP contribution in [-0.2, 0) is 11.3 Å². The van der Waals surface area contributed by atoms with Crippen LogP contribution in [0.3, 0.4) is 0 Å². The van der Waals surface area contributed by atoms with E-state index in [0.717, 1.165) is 5.56 Å². The summed E-state index contributed by atoms with van der Waals surface area (Å²) in [5.41, 5.74) is 8.00. The molecule has 0 aliphatic carbocycles. The number of nitrogens with zero attached hydrogens (tertiary/aromatic N) is 2. The number of benzene rings is 2. The van der Waals surface area contributed by atoms with Gasteiger partial charge in [-0.2, -0.15) is 5.10 Å². The first kappa shape index (κ1) is 20.7. The van der Waals surface area contributed by atoms with Gasteiger partial charge in [0.1, 0.15) is 22.9 Å². The van der Waals surface area contributed by atoms with Crippen LogP contribution in [0.15, 0.2) is 48.7 Å². The van der Waals surface area contributed by atoms with Crippen molar-refractivity contribution in [1.82, 2.24) is 15.1 Å². The Morgan fingerprint density at radius 3 is 2.43 bits per heavy atom. The zero-order valence-electron chi connectivity index (χ0n) is 16.8. The predicted molar refractivity (Wildman–Crippen MR) is 110 cm³/mol. The third-order valence-electron chi connectivity index (χ3n) is 4.51. The van der Waals surface area contributed by atoms with Gasteiger partial charge in [0.2, 0.25) is 0 Å². The lowest BCUT2D eigenvalue weighted by Gasteiger charge is -2.12. The van der Waals surface area contributed by atoms with E-state index in [4.69, 9.17) is 15.2 Å². The molecule has 0 aliphatic rings. The number of rotatable bonds is 7. The number of esters is 1. The van der Waals surface area contributed by atoms with E-state index in [0.29, 0.717) is 22.7 Å². The monoisotopic (exact) mass is 410 g/mol. The molecule has 0 bridgehead atoms. The molecule has 9 nitrogen and oxygen atoms in total. The second-order valence-electron chi connectivity index (χ2n) is 6.25. The van der Waals surface area contributed by atoms with Crippen molar-refractivity contribution < 1.29 is 23.8 Å².